The first-order chi connectivity index (χ1) is 15.7. The summed E-state index contributed by atoms with van der Waals surface area (Å²) >= 11 is 15.5. The van der Waals surface area contributed by atoms with E-state index in [1.165, 1.54) is 12.3 Å². The average Bonchev–Trinajstić information content (AvgIpc) is 3.47. The maximum absolute atomic E-state index is 15.6. The van der Waals surface area contributed by atoms with Crippen molar-refractivity contribution in [1.29, 1.82) is 0 Å². The number of benzene rings is 2. The molecule has 2 aliphatic rings. The van der Waals surface area contributed by atoms with Crippen LogP contribution in [-0.2, 0) is 17.0 Å². The van der Waals surface area contributed by atoms with Crippen LogP contribution in [0.4, 0.5) is 4.39 Å². The van der Waals surface area contributed by atoms with Crippen LogP contribution in [-0.4, -0.2) is 22.4 Å². The summed E-state index contributed by atoms with van der Waals surface area (Å²) in [4.78, 5) is 19.7. The Morgan fingerprint density at radius 3 is 2.45 bits per heavy atom. The number of hydrogen-bond donors (Lipinski definition) is 0. The van der Waals surface area contributed by atoms with Gasteiger partial charge in [0, 0.05) is 21.3 Å². The third kappa shape index (κ3) is 4.08. The van der Waals surface area contributed by atoms with Gasteiger partial charge in [0.25, 0.3) is 5.91 Å². The lowest BCUT2D eigenvalue weighted by atomic mass is 9.92. The standard InChI is InChI=1S/C25H20BrCl2FN2O2/c1-24(8-9-24)14-33-25(15-2-4-17(27)5-3-15)22-20(10-16(26)11-21(22)29)23(32)31(25)13-19-7-6-18(28)12-30-19/h2-7,10-12H,8-9,13-14H2,1H3. The number of ether oxygens (including phenoxy) is 1. The van der Waals surface area contributed by atoms with Crippen LogP contribution in [0.15, 0.2) is 59.2 Å². The predicted octanol–water partition coefficient (Wildman–Crippen LogP) is 6.96. The second kappa shape index (κ2) is 8.35. The first kappa shape index (κ1) is 22.8. The van der Waals surface area contributed by atoms with Crippen LogP contribution in [0, 0.1) is 11.2 Å². The number of carbonyl (C=O) groups excluding carboxylic acids is 1. The zero-order valence-electron chi connectivity index (χ0n) is 17.7. The molecule has 1 aliphatic carbocycles. The lowest BCUT2D eigenvalue weighted by Crippen LogP contribution is -2.47. The van der Waals surface area contributed by atoms with Crippen molar-refractivity contribution in [2.45, 2.75) is 32.0 Å². The fourth-order valence-electron chi connectivity index (χ4n) is 4.20. The molecule has 0 spiro atoms. The van der Waals surface area contributed by atoms with Crippen LogP contribution in [0.25, 0.3) is 0 Å². The first-order valence-corrected chi connectivity index (χ1v) is 12.1. The zero-order chi connectivity index (χ0) is 23.4. The van der Waals surface area contributed by atoms with E-state index in [0.29, 0.717) is 32.4 Å². The van der Waals surface area contributed by atoms with Gasteiger partial charge in [0.2, 0.25) is 0 Å². The molecule has 0 N–H and O–H groups in total. The van der Waals surface area contributed by atoms with Crippen molar-refractivity contribution in [2.75, 3.05) is 6.61 Å². The molecule has 1 atom stereocenters. The van der Waals surface area contributed by atoms with Crippen molar-refractivity contribution in [3.8, 4) is 0 Å². The largest absolute Gasteiger partial charge is 0.346 e. The summed E-state index contributed by atoms with van der Waals surface area (Å²) in [6.45, 7) is 2.62. The van der Waals surface area contributed by atoms with Gasteiger partial charge in [-0.05, 0) is 54.7 Å². The fourth-order valence-corrected chi connectivity index (χ4v) is 4.87. The maximum atomic E-state index is 15.6. The van der Waals surface area contributed by atoms with Gasteiger partial charge in [-0.3, -0.25) is 14.7 Å². The molecule has 1 unspecified atom stereocenters. The van der Waals surface area contributed by atoms with Crippen LogP contribution < -0.4 is 0 Å². The molecule has 0 saturated heterocycles. The summed E-state index contributed by atoms with van der Waals surface area (Å²) < 4.78 is 22.7. The van der Waals surface area contributed by atoms with Gasteiger partial charge in [0.15, 0.2) is 5.72 Å². The third-order valence-corrected chi connectivity index (χ3v) is 7.26. The minimum absolute atomic E-state index is 0.00125. The van der Waals surface area contributed by atoms with Crippen molar-refractivity contribution < 1.29 is 13.9 Å². The van der Waals surface area contributed by atoms with Gasteiger partial charge in [0.05, 0.1) is 35.0 Å². The highest BCUT2D eigenvalue weighted by Gasteiger charge is 2.55. The van der Waals surface area contributed by atoms with Gasteiger partial charge >= 0.3 is 0 Å². The lowest BCUT2D eigenvalue weighted by molar-refractivity contribution is -0.125. The molecule has 3 aromatic rings. The van der Waals surface area contributed by atoms with E-state index in [1.807, 2.05) is 0 Å². The van der Waals surface area contributed by atoms with Gasteiger partial charge in [-0.15, -0.1) is 0 Å². The molecule has 1 aliphatic heterocycles. The van der Waals surface area contributed by atoms with Crippen LogP contribution in [0.3, 0.4) is 0 Å². The molecule has 0 bridgehead atoms. The van der Waals surface area contributed by atoms with E-state index in [-0.39, 0.29) is 29.0 Å². The molecular weight excluding hydrogens is 530 g/mol. The number of rotatable bonds is 6. The van der Waals surface area contributed by atoms with Gasteiger partial charge < -0.3 is 4.74 Å². The molecule has 1 aromatic heterocycles. The summed E-state index contributed by atoms with van der Waals surface area (Å²) in [7, 11) is 0. The normalized spacial score (nSPS) is 20.8. The van der Waals surface area contributed by atoms with E-state index in [2.05, 4.69) is 27.8 Å². The fraction of sp³-hybridized carbons (Fsp3) is 0.280. The highest BCUT2D eigenvalue weighted by Crippen LogP contribution is 2.52. The maximum Gasteiger partial charge on any atom is 0.257 e. The topological polar surface area (TPSA) is 42.4 Å². The first-order valence-electron chi connectivity index (χ1n) is 10.5. The number of hydrogen-bond acceptors (Lipinski definition) is 3. The SMILES string of the molecule is CC1(COC2(c3ccc(Cl)cc3)c3c(F)cc(Br)cc3C(=O)N2Cc2ccc(Cl)cn2)CC1. The second-order valence-corrected chi connectivity index (χ2v) is 10.7. The molecule has 1 saturated carbocycles. The summed E-state index contributed by atoms with van der Waals surface area (Å²) in [5.74, 6) is -0.854. The number of nitrogens with zero attached hydrogens (tertiary/aromatic N) is 2. The lowest BCUT2D eigenvalue weighted by Gasteiger charge is -2.40. The molecular formula is C25H20BrCl2FN2O2. The number of pyridine rings is 1. The number of halogens is 4. The monoisotopic (exact) mass is 548 g/mol. The minimum atomic E-state index is -1.46. The van der Waals surface area contributed by atoms with Crippen LogP contribution >= 0.6 is 39.1 Å². The van der Waals surface area contributed by atoms with Gasteiger partial charge in [-0.2, -0.15) is 0 Å². The Balaban J connectivity index is 1.72. The summed E-state index contributed by atoms with van der Waals surface area (Å²) in [6.07, 6.45) is 3.57. The minimum Gasteiger partial charge on any atom is -0.346 e. The highest BCUT2D eigenvalue weighted by molar-refractivity contribution is 9.10. The Morgan fingerprint density at radius 2 is 1.82 bits per heavy atom. The van der Waals surface area contributed by atoms with Crippen molar-refractivity contribution in [3.05, 3.63) is 97.4 Å². The van der Waals surface area contributed by atoms with E-state index in [4.69, 9.17) is 27.9 Å². The number of amides is 1. The van der Waals surface area contributed by atoms with Crippen molar-refractivity contribution >= 4 is 45.0 Å². The molecule has 5 rings (SSSR count). The Bertz CT molecular complexity index is 1230. The Kier molecular flexibility index (Phi) is 5.76. The molecule has 33 heavy (non-hydrogen) atoms. The van der Waals surface area contributed by atoms with E-state index in [0.717, 1.165) is 12.8 Å². The molecule has 8 heteroatoms. The van der Waals surface area contributed by atoms with E-state index < -0.39 is 11.5 Å². The second-order valence-electron chi connectivity index (χ2n) is 8.92. The zero-order valence-corrected chi connectivity index (χ0v) is 20.8. The molecule has 1 fully saturated rings. The van der Waals surface area contributed by atoms with E-state index >= 15 is 4.39 Å². The quantitative estimate of drug-likeness (QED) is 0.333. The number of aromatic nitrogens is 1. The van der Waals surface area contributed by atoms with E-state index in [1.54, 1.807) is 47.4 Å². The number of fused-ring (bicyclic) bond motifs is 1. The molecule has 2 heterocycles. The van der Waals surface area contributed by atoms with Gasteiger partial charge in [-0.25, -0.2) is 4.39 Å². The smallest absolute Gasteiger partial charge is 0.257 e. The van der Waals surface area contributed by atoms with Crippen molar-refractivity contribution in [1.82, 2.24) is 9.88 Å². The van der Waals surface area contributed by atoms with Crippen molar-refractivity contribution in [2.24, 2.45) is 5.41 Å². The predicted molar refractivity (Wildman–Crippen MR) is 129 cm³/mol. The van der Waals surface area contributed by atoms with Gasteiger partial charge in [-0.1, -0.05) is 58.2 Å². The van der Waals surface area contributed by atoms with Crippen LogP contribution in [0.5, 0.6) is 0 Å². The molecule has 0 radical (unpaired) electrons. The molecule has 170 valence electrons. The third-order valence-electron chi connectivity index (χ3n) is 6.33. The Hall–Kier alpha value is -1.99. The summed E-state index contributed by atoms with van der Waals surface area (Å²) in [5.41, 5.74) is 0.233. The molecule has 2 aromatic carbocycles. The van der Waals surface area contributed by atoms with Crippen LogP contribution in [0.1, 0.15) is 46.9 Å². The highest BCUT2D eigenvalue weighted by atomic mass is 79.9. The van der Waals surface area contributed by atoms with Gasteiger partial charge in [0.1, 0.15) is 5.82 Å². The Labute approximate surface area is 209 Å². The van der Waals surface area contributed by atoms with Crippen molar-refractivity contribution in [3.63, 3.8) is 0 Å². The number of carbonyl (C=O) groups is 1. The molecule has 4 nitrogen and oxygen atoms in total. The summed E-state index contributed by atoms with van der Waals surface area (Å²) in [6, 6.07) is 13.5. The summed E-state index contributed by atoms with van der Waals surface area (Å²) in [5, 5.41) is 1.03. The van der Waals surface area contributed by atoms with Crippen LogP contribution in [0.2, 0.25) is 10.0 Å². The average molecular weight is 550 g/mol. The van der Waals surface area contributed by atoms with E-state index in [9.17, 15) is 4.79 Å². The molecule has 1 amide bonds. The Morgan fingerprint density at radius 1 is 1.12 bits per heavy atom.